The molecule has 1 heterocycles. The van der Waals surface area contributed by atoms with E-state index in [1.54, 1.807) is 12.1 Å². The summed E-state index contributed by atoms with van der Waals surface area (Å²) in [5.74, 6) is 0.450. The zero-order valence-corrected chi connectivity index (χ0v) is 11.5. The van der Waals surface area contributed by atoms with Gasteiger partial charge in [0, 0.05) is 5.56 Å². The van der Waals surface area contributed by atoms with E-state index in [2.05, 4.69) is 29.0 Å². The number of carboxylic acid groups (broad SMARTS) is 1. The highest BCUT2D eigenvalue weighted by atomic mass is 16.5. The van der Waals surface area contributed by atoms with Gasteiger partial charge in [0.05, 0.1) is 6.61 Å². The molecule has 1 aromatic heterocycles. The molecule has 0 saturated heterocycles. The average Bonchev–Trinajstić information content (AvgIpc) is 2.89. The van der Waals surface area contributed by atoms with Crippen molar-refractivity contribution in [1.82, 2.24) is 15.2 Å². The standard InChI is InChI=1S/C14H17N3O3/c1-9(2)7-8-20-11-5-3-10(4-6-11)12-15-13(14(18)19)17-16-12/h3-6,9H,7-8H2,1-2H3,(H,18,19)(H,15,16,17). The number of hydrogen-bond acceptors (Lipinski definition) is 4. The summed E-state index contributed by atoms with van der Waals surface area (Å²) in [6, 6.07) is 7.26. The Morgan fingerprint density at radius 3 is 2.60 bits per heavy atom. The van der Waals surface area contributed by atoms with Crippen molar-refractivity contribution >= 4 is 5.97 Å². The number of benzene rings is 1. The first-order chi connectivity index (χ1) is 9.56. The molecule has 6 heteroatoms. The van der Waals surface area contributed by atoms with E-state index in [9.17, 15) is 4.79 Å². The summed E-state index contributed by atoms with van der Waals surface area (Å²) in [5, 5.41) is 15.0. The summed E-state index contributed by atoms with van der Waals surface area (Å²) in [5.41, 5.74) is 0.741. The number of rotatable bonds is 6. The van der Waals surface area contributed by atoms with Crippen molar-refractivity contribution in [2.75, 3.05) is 6.61 Å². The van der Waals surface area contributed by atoms with Gasteiger partial charge in [0.1, 0.15) is 5.75 Å². The second kappa shape index (κ2) is 6.18. The Morgan fingerprint density at radius 2 is 2.05 bits per heavy atom. The molecule has 2 N–H and O–H groups in total. The molecule has 2 aromatic rings. The fraction of sp³-hybridized carbons (Fsp3) is 0.357. The third kappa shape index (κ3) is 3.57. The highest BCUT2D eigenvalue weighted by molar-refractivity contribution is 5.83. The lowest BCUT2D eigenvalue weighted by Gasteiger charge is -2.08. The summed E-state index contributed by atoms with van der Waals surface area (Å²) in [7, 11) is 0. The Kier molecular flexibility index (Phi) is 4.34. The molecule has 0 unspecified atom stereocenters. The first kappa shape index (κ1) is 14.0. The minimum absolute atomic E-state index is 0.169. The van der Waals surface area contributed by atoms with Crippen LogP contribution in [0, 0.1) is 5.92 Å². The maximum atomic E-state index is 10.7. The van der Waals surface area contributed by atoms with Crippen LogP contribution < -0.4 is 4.74 Å². The van der Waals surface area contributed by atoms with Crippen molar-refractivity contribution in [3.63, 3.8) is 0 Å². The summed E-state index contributed by atoms with van der Waals surface area (Å²) < 4.78 is 5.61. The molecule has 0 aliphatic carbocycles. The molecule has 0 spiro atoms. The molecule has 106 valence electrons. The molecule has 0 fully saturated rings. The quantitative estimate of drug-likeness (QED) is 0.846. The van der Waals surface area contributed by atoms with E-state index in [0.29, 0.717) is 18.3 Å². The van der Waals surface area contributed by atoms with E-state index >= 15 is 0 Å². The normalized spacial score (nSPS) is 10.8. The maximum absolute atomic E-state index is 10.7. The topological polar surface area (TPSA) is 88.1 Å². The van der Waals surface area contributed by atoms with E-state index in [4.69, 9.17) is 9.84 Å². The average molecular weight is 275 g/mol. The second-order valence-corrected chi connectivity index (χ2v) is 4.87. The van der Waals surface area contributed by atoms with Crippen LogP contribution in [0.5, 0.6) is 5.75 Å². The highest BCUT2D eigenvalue weighted by Crippen LogP contribution is 2.19. The van der Waals surface area contributed by atoms with Crippen molar-refractivity contribution in [2.45, 2.75) is 20.3 Å². The second-order valence-electron chi connectivity index (χ2n) is 4.87. The number of carboxylic acids is 1. The van der Waals surface area contributed by atoms with Gasteiger partial charge in [-0.25, -0.2) is 9.78 Å². The summed E-state index contributed by atoms with van der Waals surface area (Å²) in [4.78, 5) is 14.6. The molecular formula is C14H17N3O3. The maximum Gasteiger partial charge on any atom is 0.373 e. The van der Waals surface area contributed by atoms with Gasteiger partial charge >= 0.3 is 5.97 Å². The van der Waals surface area contributed by atoms with Crippen molar-refractivity contribution < 1.29 is 14.6 Å². The fourth-order valence-electron chi connectivity index (χ4n) is 1.60. The minimum atomic E-state index is -1.13. The number of H-pyrrole nitrogens is 1. The fourth-order valence-corrected chi connectivity index (χ4v) is 1.60. The number of hydrogen-bond donors (Lipinski definition) is 2. The number of carbonyl (C=O) groups is 1. The number of nitrogens with one attached hydrogen (secondary N) is 1. The zero-order chi connectivity index (χ0) is 14.5. The van der Waals surface area contributed by atoms with Crippen molar-refractivity contribution in [3.8, 4) is 17.1 Å². The molecule has 20 heavy (non-hydrogen) atoms. The SMILES string of the molecule is CC(C)CCOc1ccc(-c2n[nH]c(C(=O)O)n2)cc1. The Hall–Kier alpha value is -2.37. The van der Waals surface area contributed by atoms with Gasteiger partial charge in [-0.2, -0.15) is 5.10 Å². The van der Waals surface area contributed by atoms with Crippen LogP contribution in [-0.4, -0.2) is 32.9 Å². The molecule has 0 aliphatic rings. The van der Waals surface area contributed by atoms with Crippen molar-refractivity contribution in [1.29, 1.82) is 0 Å². The van der Waals surface area contributed by atoms with E-state index in [1.807, 2.05) is 12.1 Å². The van der Waals surface area contributed by atoms with Crippen LogP contribution in [0.4, 0.5) is 0 Å². The number of aromatic amines is 1. The van der Waals surface area contributed by atoms with Crippen molar-refractivity contribution in [3.05, 3.63) is 30.1 Å². The minimum Gasteiger partial charge on any atom is -0.494 e. The van der Waals surface area contributed by atoms with E-state index in [1.165, 1.54) is 0 Å². The van der Waals surface area contributed by atoms with E-state index in [-0.39, 0.29) is 5.82 Å². The van der Waals surface area contributed by atoms with Gasteiger partial charge in [0.25, 0.3) is 0 Å². The predicted octanol–water partition coefficient (Wildman–Crippen LogP) is 2.59. The largest absolute Gasteiger partial charge is 0.494 e. The molecular weight excluding hydrogens is 258 g/mol. The molecule has 6 nitrogen and oxygen atoms in total. The van der Waals surface area contributed by atoms with Gasteiger partial charge in [0.15, 0.2) is 5.82 Å². The third-order valence-electron chi connectivity index (χ3n) is 2.76. The van der Waals surface area contributed by atoms with Gasteiger partial charge in [-0.3, -0.25) is 5.10 Å². The van der Waals surface area contributed by atoms with Crippen LogP contribution >= 0.6 is 0 Å². The Bertz CT molecular complexity index is 576. The molecule has 0 radical (unpaired) electrons. The lowest BCUT2D eigenvalue weighted by atomic mass is 10.1. The highest BCUT2D eigenvalue weighted by Gasteiger charge is 2.11. The first-order valence-corrected chi connectivity index (χ1v) is 6.45. The van der Waals surface area contributed by atoms with Crippen LogP contribution in [0.15, 0.2) is 24.3 Å². The van der Waals surface area contributed by atoms with E-state index < -0.39 is 5.97 Å². The molecule has 0 atom stereocenters. The van der Waals surface area contributed by atoms with Gasteiger partial charge < -0.3 is 9.84 Å². The van der Waals surface area contributed by atoms with Gasteiger partial charge in [-0.1, -0.05) is 13.8 Å². The first-order valence-electron chi connectivity index (χ1n) is 6.45. The lowest BCUT2D eigenvalue weighted by molar-refractivity contribution is 0.0684. The van der Waals surface area contributed by atoms with E-state index in [0.717, 1.165) is 17.7 Å². The molecule has 2 rings (SSSR count). The van der Waals surface area contributed by atoms with Crippen LogP contribution in [-0.2, 0) is 0 Å². The molecule has 0 bridgehead atoms. The third-order valence-corrected chi connectivity index (χ3v) is 2.76. The van der Waals surface area contributed by atoms with Crippen LogP contribution in [0.3, 0.4) is 0 Å². The Morgan fingerprint density at radius 1 is 1.35 bits per heavy atom. The van der Waals surface area contributed by atoms with Crippen LogP contribution in [0.25, 0.3) is 11.4 Å². The van der Waals surface area contributed by atoms with Crippen LogP contribution in [0.2, 0.25) is 0 Å². The lowest BCUT2D eigenvalue weighted by Crippen LogP contribution is -2.01. The number of aromatic nitrogens is 3. The van der Waals surface area contributed by atoms with Crippen LogP contribution in [0.1, 0.15) is 30.9 Å². The molecule has 0 amide bonds. The monoisotopic (exact) mass is 275 g/mol. The Balaban J connectivity index is 2.01. The molecule has 0 aliphatic heterocycles. The summed E-state index contributed by atoms with van der Waals surface area (Å²) in [6.07, 6.45) is 1.00. The number of nitrogens with zero attached hydrogens (tertiary/aromatic N) is 2. The van der Waals surface area contributed by atoms with Gasteiger partial charge in [-0.15, -0.1) is 0 Å². The van der Waals surface area contributed by atoms with Gasteiger partial charge in [0.2, 0.25) is 5.82 Å². The van der Waals surface area contributed by atoms with Gasteiger partial charge in [-0.05, 0) is 36.6 Å². The van der Waals surface area contributed by atoms with Crippen molar-refractivity contribution in [2.24, 2.45) is 5.92 Å². The summed E-state index contributed by atoms with van der Waals surface area (Å²) in [6.45, 7) is 4.98. The predicted molar refractivity (Wildman–Crippen MR) is 73.7 cm³/mol. The Labute approximate surface area is 116 Å². The zero-order valence-electron chi connectivity index (χ0n) is 11.5. The number of aromatic carboxylic acids is 1. The number of ether oxygens (including phenoxy) is 1. The summed E-state index contributed by atoms with van der Waals surface area (Å²) >= 11 is 0. The molecule has 1 aromatic carbocycles. The smallest absolute Gasteiger partial charge is 0.373 e. The molecule has 0 saturated carbocycles.